The zero-order chi connectivity index (χ0) is 22.7. The predicted molar refractivity (Wildman–Crippen MR) is 124 cm³/mol. The lowest BCUT2D eigenvalue weighted by Crippen LogP contribution is -2.44. The van der Waals surface area contributed by atoms with Gasteiger partial charge in [0.05, 0.1) is 0 Å². The Morgan fingerprint density at radius 3 is 1.94 bits per heavy atom. The molecular weight excluding hydrogens is 392 g/mol. The van der Waals surface area contributed by atoms with Crippen LogP contribution in [0.4, 0.5) is 4.79 Å². The van der Waals surface area contributed by atoms with Crippen LogP contribution in [0.2, 0.25) is 0 Å². The summed E-state index contributed by atoms with van der Waals surface area (Å²) in [7, 11) is 0. The Labute approximate surface area is 187 Å². The second-order valence-corrected chi connectivity index (χ2v) is 9.94. The van der Waals surface area contributed by atoms with E-state index in [0.29, 0.717) is 18.4 Å². The van der Waals surface area contributed by atoms with E-state index < -0.39 is 23.7 Å². The largest absolute Gasteiger partial charge is 0.479 e. The third kappa shape index (κ3) is 10.4. The molecule has 0 radical (unpaired) electrons. The van der Waals surface area contributed by atoms with Crippen LogP contribution in [0.15, 0.2) is 23.8 Å². The summed E-state index contributed by atoms with van der Waals surface area (Å²) in [6.45, 7) is 5.18. The van der Waals surface area contributed by atoms with E-state index in [0.717, 1.165) is 12.1 Å². The lowest BCUT2D eigenvalue weighted by molar-refractivity contribution is -0.138. The molecule has 2 saturated carbocycles. The molecule has 1 amide bonds. The maximum Gasteiger partial charge on any atom is 0.408 e. The summed E-state index contributed by atoms with van der Waals surface area (Å²) in [4.78, 5) is 22.7. The molecule has 6 nitrogen and oxygen atoms in total. The number of aliphatic carboxylic acids is 1. The summed E-state index contributed by atoms with van der Waals surface area (Å²) in [5.74, 6) is -1.08. The number of allylic oxidation sites excluding steroid dienone is 3. The van der Waals surface area contributed by atoms with Crippen molar-refractivity contribution in [1.29, 1.82) is 0 Å². The van der Waals surface area contributed by atoms with E-state index in [1.807, 2.05) is 18.2 Å². The average Bonchev–Trinajstić information content (AvgIpc) is 2.73. The molecule has 3 rings (SSSR count). The molecule has 0 aromatic carbocycles. The highest BCUT2D eigenvalue weighted by Crippen LogP contribution is 2.22. The Morgan fingerprint density at radius 2 is 1.52 bits per heavy atom. The smallest absolute Gasteiger partial charge is 0.408 e. The number of carbonyl (C=O) groups excluding carboxylic acids is 1. The molecule has 2 fully saturated rings. The van der Waals surface area contributed by atoms with Gasteiger partial charge in [0, 0.05) is 12.1 Å². The molecular formula is C25H42N2O4. The Bertz CT molecular complexity index is 608. The highest BCUT2D eigenvalue weighted by atomic mass is 16.6. The van der Waals surface area contributed by atoms with Gasteiger partial charge in [-0.3, -0.25) is 0 Å². The fourth-order valence-electron chi connectivity index (χ4n) is 4.46. The van der Waals surface area contributed by atoms with Crippen molar-refractivity contribution in [2.75, 3.05) is 0 Å². The molecule has 3 aliphatic rings. The molecule has 3 N–H and O–H groups in total. The number of carboxylic acid groups (broad SMARTS) is 1. The molecule has 0 aliphatic heterocycles. The number of nitrogens with one attached hydrogen (secondary N) is 2. The topological polar surface area (TPSA) is 87.7 Å². The van der Waals surface area contributed by atoms with Crippen molar-refractivity contribution < 1.29 is 19.4 Å². The fourth-order valence-corrected chi connectivity index (χ4v) is 4.46. The Kier molecular flexibility index (Phi) is 10.6. The van der Waals surface area contributed by atoms with Crippen LogP contribution in [0, 0.1) is 0 Å². The first-order valence-electron chi connectivity index (χ1n) is 12.1. The monoisotopic (exact) mass is 434 g/mol. The van der Waals surface area contributed by atoms with E-state index in [1.54, 1.807) is 20.8 Å². The van der Waals surface area contributed by atoms with Gasteiger partial charge in [0.2, 0.25) is 0 Å². The number of hydrogen-bond donors (Lipinski definition) is 3. The van der Waals surface area contributed by atoms with Crippen molar-refractivity contribution in [2.45, 2.75) is 122 Å². The Morgan fingerprint density at radius 1 is 0.968 bits per heavy atom. The zero-order valence-electron chi connectivity index (χ0n) is 19.6. The number of hydrogen-bond acceptors (Lipinski definition) is 4. The maximum absolute atomic E-state index is 11.6. The summed E-state index contributed by atoms with van der Waals surface area (Å²) in [6.07, 6.45) is 20.7. The summed E-state index contributed by atoms with van der Waals surface area (Å²) in [6, 6.07) is 0.721. The number of rotatable bonds is 5. The summed E-state index contributed by atoms with van der Waals surface area (Å²) in [5, 5.41) is 15.4. The number of carbonyl (C=O) groups is 2. The first kappa shape index (κ1) is 25.4. The second-order valence-electron chi connectivity index (χ2n) is 9.94. The van der Waals surface area contributed by atoms with Gasteiger partial charge >= 0.3 is 12.1 Å². The molecule has 1 unspecified atom stereocenters. The second kappa shape index (κ2) is 12.9. The van der Waals surface area contributed by atoms with Gasteiger partial charge in [-0.1, -0.05) is 56.8 Å². The van der Waals surface area contributed by atoms with Crippen LogP contribution in [-0.2, 0) is 9.53 Å². The van der Waals surface area contributed by atoms with Crippen LogP contribution in [0.25, 0.3) is 0 Å². The predicted octanol–water partition coefficient (Wildman–Crippen LogP) is 5.48. The summed E-state index contributed by atoms with van der Waals surface area (Å²) >= 11 is 0. The van der Waals surface area contributed by atoms with E-state index in [-0.39, 0.29) is 0 Å². The minimum atomic E-state index is -1.08. The van der Waals surface area contributed by atoms with Crippen LogP contribution in [0.3, 0.4) is 0 Å². The number of amides is 1. The van der Waals surface area contributed by atoms with Gasteiger partial charge < -0.3 is 20.5 Å². The van der Waals surface area contributed by atoms with Crippen LogP contribution in [0.1, 0.15) is 97.8 Å². The summed E-state index contributed by atoms with van der Waals surface area (Å²) < 4.78 is 5.05. The molecule has 31 heavy (non-hydrogen) atoms. The van der Waals surface area contributed by atoms with Gasteiger partial charge in [-0.2, -0.15) is 0 Å². The van der Waals surface area contributed by atoms with Gasteiger partial charge in [-0.05, 0) is 64.9 Å². The normalized spacial score (nSPS) is 21.3. The molecule has 0 spiro atoms. The van der Waals surface area contributed by atoms with Crippen molar-refractivity contribution in [3.05, 3.63) is 23.8 Å². The molecule has 0 heterocycles. The van der Waals surface area contributed by atoms with E-state index >= 15 is 0 Å². The van der Waals surface area contributed by atoms with Crippen molar-refractivity contribution in [2.24, 2.45) is 0 Å². The van der Waals surface area contributed by atoms with E-state index in [4.69, 9.17) is 9.84 Å². The van der Waals surface area contributed by atoms with E-state index in [9.17, 15) is 9.59 Å². The van der Waals surface area contributed by atoms with Crippen molar-refractivity contribution in [1.82, 2.24) is 10.6 Å². The van der Waals surface area contributed by atoms with E-state index in [1.165, 1.54) is 64.2 Å². The summed E-state index contributed by atoms with van der Waals surface area (Å²) in [5.41, 5.74) is 0.0319. The van der Waals surface area contributed by atoms with Gasteiger partial charge in [-0.25, -0.2) is 9.59 Å². The van der Waals surface area contributed by atoms with E-state index in [2.05, 4.69) is 10.6 Å². The Balaban J connectivity index is 0.000000231. The van der Waals surface area contributed by atoms with Gasteiger partial charge in [0.25, 0.3) is 0 Å². The zero-order valence-corrected chi connectivity index (χ0v) is 19.6. The standard InChI is InChI=1S/C13H19NO4.C12H23N/c1-13(2,3)18-12(17)14-10(11(15)16)9-7-5-4-6-8-9;1-3-7-11(8-4-1)13-12-9-5-2-6-10-12/h4-5,8,10H,6-7H2,1-3H3,(H,14,17)(H,15,16);11-13H,1-10H2. The fraction of sp³-hybridized carbons (Fsp3) is 0.760. The van der Waals surface area contributed by atoms with Crippen LogP contribution >= 0.6 is 0 Å². The molecule has 0 bridgehead atoms. The molecule has 176 valence electrons. The first-order chi connectivity index (χ1) is 14.7. The minimum Gasteiger partial charge on any atom is -0.479 e. The minimum absolute atomic E-state index is 0.534. The first-order valence-corrected chi connectivity index (χ1v) is 12.1. The molecule has 0 aromatic heterocycles. The van der Waals surface area contributed by atoms with Crippen LogP contribution < -0.4 is 10.6 Å². The van der Waals surface area contributed by atoms with Gasteiger partial charge in [0.15, 0.2) is 6.04 Å². The van der Waals surface area contributed by atoms with Crippen molar-refractivity contribution in [3.63, 3.8) is 0 Å². The third-order valence-electron chi connectivity index (χ3n) is 6.00. The quantitative estimate of drug-likeness (QED) is 0.499. The molecule has 3 aliphatic carbocycles. The van der Waals surface area contributed by atoms with Gasteiger partial charge in [-0.15, -0.1) is 0 Å². The lowest BCUT2D eigenvalue weighted by Gasteiger charge is -2.30. The van der Waals surface area contributed by atoms with Crippen LogP contribution in [0.5, 0.6) is 0 Å². The van der Waals surface area contributed by atoms with Crippen molar-refractivity contribution in [3.8, 4) is 0 Å². The highest BCUT2D eigenvalue weighted by Gasteiger charge is 2.26. The average molecular weight is 435 g/mol. The number of alkyl carbamates (subject to hydrolysis) is 1. The highest BCUT2D eigenvalue weighted by molar-refractivity contribution is 5.83. The van der Waals surface area contributed by atoms with Gasteiger partial charge in [0.1, 0.15) is 5.60 Å². The third-order valence-corrected chi connectivity index (χ3v) is 6.00. The molecule has 1 atom stereocenters. The SMILES string of the molecule is C1CCC(NC2CCCCC2)CC1.CC(C)(C)OC(=O)NC(C(=O)O)C1=CCC=CC1. The molecule has 0 aromatic rings. The molecule has 0 saturated heterocycles. The number of carboxylic acids is 1. The maximum atomic E-state index is 11.6. The van der Waals surface area contributed by atoms with Crippen LogP contribution in [-0.4, -0.2) is 40.9 Å². The lowest BCUT2D eigenvalue weighted by atomic mass is 9.91. The Hall–Kier alpha value is -1.82. The van der Waals surface area contributed by atoms with Crippen molar-refractivity contribution >= 4 is 12.1 Å². The number of ether oxygens (including phenoxy) is 1. The molecule has 6 heteroatoms.